The largest absolute Gasteiger partial charge is 0.368 e. The minimum absolute atomic E-state index is 0.110. The molecule has 0 aromatic carbocycles. The molecule has 2 fully saturated rings. The van der Waals surface area contributed by atoms with Crippen LogP contribution in [0.1, 0.15) is 32.6 Å². The quantitative estimate of drug-likeness (QED) is 0.712. The number of carbonyl (C=O) groups excluding carboxylic acids is 1. The van der Waals surface area contributed by atoms with Crippen LogP contribution in [0.15, 0.2) is 0 Å². The van der Waals surface area contributed by atoms with Crippen molar-refractivity contribution < 1.29 is 4.79 Å². The van der Waals surface area contributed by atoms with E-state index in [4.69, 9.17) is 5.73 Å². The lowest BCUT2D eigenvalue weighted by molar-refractivity contribution is -0.134. The third-order valence-corrected chi connectivity index (χ3v) is 4.15. The molecule has 2 unspecified atom stereocenters. The summed E-state index contributed by atoms with van der Waals surface area (Å²) < 4.78 is 0. The Bertz CT molecular complexity index is 263. The molecule has 0 bridgehead atoms. The Morgan fingerprint density at radius 2 is 2.12 bits per heavy atom. The molecule has 1 aliphatic heterocycles. The first kappa shape index (κ1) is 11.9. The highest BCUT2D eigenvalue weighted by Gasteiger charge is 2.45. The molecule has 3 N–H and O–H groups in total. The molecule has 1 amide bonds. The zero-order valence-corrected chi connectivity index (χ0v) is 10.2. The topological polar surface area (TPSA) is 58.4 Å². The fourth-order valence-electron chi connectivity index (χ4n) is 3.28. The van der Waals surface area contributed by atoms with Crippen molar-refractivity contribution in [3.05, 3.63) is 0 Å². The van der Waals surface area contributed by atoms with Crippen molar-refractivity contribution in [2.24, 2.45) is 11.7 Å². The molecule has 2 aliphatic rings. The standard InChI is InChI=1S/C12H23N3O/c1-10-3-2-4-12(9-10,11(13)16)15-7-5-14-6-8-15/h10,14H,2-9H2,1H3,(H2,13,16). The van der Waals surface area contributed by atoms with Crippen molar-refractivity contribution in [1.82, 2.24) is 10.2 Å². The van der Waals surface area contributed by atoms with Crippen molar-refractivity contribution in [2.75, 3.05) is 26.2 Å². The van der Waals surface area contributed by atoms with Gasteiger partial charge < -0.3 is 11.1 Å². The maximum absolute atomic E-state index is 11.9. The molecule has 0 radical (unpaired) electrons. The molecule has 2 rings (SSSR count). The number of primary amides is 1. The molecular weight excluding hydrogens is 202 g/mol. The maximum atomic E-state index is 11.9. The van der Waals surface area contributed by atoms with E-state index in [1.54, 1.807) is 0 Å². The average Bonchev–Trinajstić information content (AvgIpc) is 2.30. The predicted octanol–water partition coefficient (Wildman–Crippen LogP) is 0.326. The summed E-state index contributed by atoms with van der Waals surface area (Å²) in [5, 5.41) is 3.33. The Kier molecular flexibility index (Phi) is 3.50. The summed E-state index contributed by atoms with van der Waals surface area (Å²) in [6.45, 7) is 6.09. The van der Waals surface area contributed by atoms with Crippen molar-refractivity contribution in [3.63, 3.8) is 0 Å². The van der Waals surface area contributed by atoms with E-state index in [9.17, 15) is 4.79 Å². The van der Waals surface area contributed by atoms with Crippen LogP contribution in [0.25, 0.3) is 0 Å². The van der Waals surface area contributed by atoms with Crippen LogP contribution in [0.2, 0.25) is 0 Å². The second-order valence-electron chi connectivity index (χ2n) is 5.33. The van der Waals surface area contributed by atoms with Crippen molar-refractivity contribution in [1.29, 1.82) is 0 Å². The average molecular weight is 225 g/mol. The number of nitrogens with one attached hydrogen (secondary N) is 1. The molecule has 4 heteroatoms. The monoisotopic (exact) mass is 225 g/mol. The van der Waals surface area contributed by atoms with Crippen LogP contribution in [0.4, 0.5) is 0 Å². The summed E-state index contributed by atoms with van der Waals surface area (Å²) in [6, 6.07) is 0. The Labute approximate surface area is 97.6 Å². The number of nitrogens with zero attached hydrogens (tertiary/aromatic N) is 1. The molecule has 1 saturated heterocycles. The highest BCUT2D eigenvalue weighted by molar-refractivity contribution is 5.84. The Morgan fingerprint density at radius 1 is 1.44 bits per heavy atom. The number of piperazine rings is 1. The second-order valence-corrected chi connectivity index (χ2v) is 5.33. The number of hydrogen-bond acceptors (Lipinski definition) is 3. The summed E-state index contributed by atoms with van der Waals surface area (Å²) in [5.41, 5.74) is 5.35. The summed E-state index contributed by atoms with van der Waals surface area (Å²) in [6.07, 6.45) is 4.27. The van der Waals surface area contributed by atoms with Crippen LogP contribution in [0, 0.1) is 5.92 Å². The van der Waals surface area contributed by atoms with Crippen molar-refractivity contribution in [3.8, 4) is 0 Å². The van der Waals surface area contributed by atoms with E-state index < -0.39 is 0 Å². The first-order valence-electron chi connectivity index (χ1n) is 6.41. The SMILES string of the molecule is CC1CCCC(C(N)=O)(N2CCNCC2)C1. The van der Waals surface area contributed by atoms with Gasteiger partial charge in [0.15, 0.2) is 0 Å². The van der Waals surface area contributed by atoms with E-state index in [0.29, 0.717) is 5.92 Å². The molecule has 1 aliphatic carbocycles. The molecule has 0 spiro atoms. The number of rotatable bonds is 2. The van der Waals surface area contributed by atoms with Gasteiger partial charge in [-0.2, -0.15) is 0 Å². The van der Waals surface area contributed by atoms with Crippen LogP contribution in [-0.2, 0) is 4.79 Å². The second kappa shape index (κ2) is 4.72. The van der Waals surface area contributed by atoms with Gasteiger partial charge in [0.1, 0.15) is 5.54 Å². The van der Waals surface area contributed by atoms with Gasteiger partial charge in [0, 0.05) is 26.2 Å². The maximum Gasteiger partial charge on any atom is 0.237 e. The molecule has 0 aromatic rings. The van der Waals surface area contributed by atoms with Crippen LogP contribution in [0.3, 0.4) is 0 Å². The fourth-order valence-corrected chi connectivity index (χ4v) is 3.28. The number of carbonyl (C=O) groups is 1. The normalized spacial score (nSPS) is 37.2. The van der Waals surface area contributed by atoms with Gasteiger partial charge >= 0.3 is 0 Å². The summed E-state index contributed by atoms with van der Waals surface area (Å²) >= 11 is 0. The van der Waals surface area contributed by atoms with E-state index in [-0.39, 0.29) is 11.4 Å². The van der Waals surface area contributed by atoms with Gasteiger partial charge in [0.25, 0.3) is 0 Å². The highest BCUT2D eigenvalue weighted by atomic mass is 16.1. The third-order valence-electron chi connectivity index (χ3n) is 4.15. The van der Waals surface area contributed by atoms with Gasteiger partial charge in [-0.25, -0.2) is 0 Å². The van der Waals surface area contributed by atoms with E-state index >= 15 is 0 Å². The van der Waals surface area contributed by atoms with E-state index in [2.05, 4.69) is 17.1 Å². The molecule has 1 saturated carbocycles. The minimum atomic E-state index is -0.347. The van der Waals surface area contributed by atoms with Gasteiger partial charge in [0.2, 0.25) is 5.91 Å². The lowest BCUT2D eigenvalue weighted by atomic mass is 9.74. The fraction of sp³-hybridized carbons (Fsp3) is 0.917. The number of hydrogen-bond donors (Lipinski definition) is 2. The van der Waals surface area contributed by atoms with Crippen LogP contribution >= 0.6 is 0 Å². The molecule has 1 heterocycles. The lowest BCUT2D eigenvalue weighted by Gasteiger charge is -2.47. The predicted molar refractivity (Wildman–Crippen MR) is 64.0 cm³/mol. The Hall–Kier alpha value is -0.610. The molecule has 4 nitrogen and oxygen atoms in total. The summed E-state index contributed by atoms with van der Waals surface area (Å²) in [5.74, 6) is 0.511. The van der Waals surface area contributed by atoms with Crippen molar-refractivity contribution >= 4 is 5.91 Å². The molecular formula is C12H23N3O. The zero-order chi connectivity index (χ0) is 11.6. The first-order valence-corrected chi connectivity index (χ1v) is 6.41. The first-order chi connectivity index (χ1) is 7.65. The van der Waals surface area contributed by atoms with Gasteiger partial charge in [0.05, 0.1) is 0 Å². The lowest BCUT2D eigenvalue weighted by Crippen LogP contribution is -2.63. The number of nitrogens with two attached hydrogens (primary N) is 1. The van der Waals surface area contributed by atoms with Gasteiger partial charge in [-0.1, -0.05) is 19.8 Å². The van der Waals surface area contributed by atoms with E-state index in [0.717, 1.165) is 45.4 Å². The van der Waals surface area contributed by atoms with E-state index in [1.165, 1.54) is 6.42 Å². The summed E-state index contributed by atoms with van der Waals surface area (Å²) in [7, 11) is 0. The van der Waals surface area contributed by atoms with Crippen LogP contribution in [-0.4, -0.2) is 42.5 Å². The Morgan fingerprint density at radius 3 is 2.69 bits per heavy atom. The number of amides is 1. The Balaban J connectivity index is 2.16. The van der Waals surface area contributed by atoms with Gasteiger partial charge in [-0.15, -0.1) is 0 Å². The van der Waals surface area contributed by atoms with Crippen LogP contribution in [0.5, 0.6) is 0 Å². The third kappa shape index (κ3) is 2.09. The molecule has 2 atom stereocenters. The van der Waals surface area contributed by atoms with Gasteiger partial charge in [-0.3, -0.25) is 9.69 Å². The summed E-state index contributed by atoms with van der Waals surface area (Å²) in [4.78, 5) is 14.2. The molecule has 16 heavy (non-hydrogen) atoms. The van der Waals surface area contributed by atoms with Crippen LogP contribution < -0.4 is 11.1 Å². The zero-order valence-electron chi connectivity index (χ0n) is 10.2. The van der Waals surface area contributed by atoms with E-state index in [1.807, 2.05) is 0 Å². The molecule has 92 valence electrons. The highest BCUT2D eigenvalue weighted by Crippen LogP contribution is 2.36. The molecule has 0 aromatic heterocycles. The van der Waals surface area contributed by atoms with Gasteiger partial charge in [-0.05, 0) is 18.8 Å². The van der Waals surface area contributed by atoms with Crippen molar-refractivity contribution in [2.45, 2.75) is 38.1 Å². The smallest absolute Gasteiger partial charge is 0.237 e. The minimum Gasteiger partial charge on any atom is -0.368 e.